The fourth-order valence-corrected chi connectivity index (χ4v) is 1.91. The van der Waals surface area contributed by atoms with Crippen LogP contribution < -0.4 is 11.1 Å². The molecule has 1 aliphatic rings. The van der Waals surface area contributed by atoms with Gasteiger partial charge in [0.2, 0.25) is 5.91 Å². The lowest BCUT2D eigenvalue weighted by Crippen LogP contribution is -2.10. The second-order valence-corrected chi connectivity index (χ2v) is 4.07. The molecule has 0 spiro atoms. The van der Waals surface area contributed by atoms with E-state index in [4.69, 9.17) is 5.73 Å². The normalized spacial score (nSPS) is 12.0. The van der Waals surface area contributed by atoms with Crippen molar-refractivity contribution in [3.05, 3.63) is 53.6 Å². The summed E-state index contributed by atoms with van der Waals surface area (Å²) in [5.41, 5.74) is 9.29. The van der Waals surface area contributed by atoms with Gasteiger partial charge in [-0.15, -0.1) is 0 Å². The number of rotatable bonds is 1. The van der Waals surface area contributed by atoms with Crippen LogP contribution in [0.5, 0.6) is 0 Å². The molecule has 88 valence electrons. The maximum Gasteiger partial charge on any atom is 0.248 e. The van der Waals surface area contributed by atoms with Crippen molar-refractivity contribution in [2.24, 2.45) is 10.7 Å². The second kappa shape index (κ2) is 4.00. The first-order valence-electron chi connectivity index (χ1n) is 5.58. The molecule has 4 heteroatoms. The van der Waals surface area contributed by atoms with E-state index in [0.717, 1.165) is 22.6 Å². The second-order valence-electron chi connectivity index (χ2n) is 4.07. The van der Waals surface area contributed by atoms with Crippen LogP contribution in [0, 0.1) is 0 Å². The zero-order chi connectivity index (χ0) is 12.5. The highest BCUT2D eigenvalue weighted by atomic mass is 16.1. The number of carbonyl (C=O) groups excluding carboxylic acids is 1. The molecule has 1 amide bonds. The molecule has 4 nitrogen and oxygen atoms in total. The minimum absolute atomic E-state index is 0.443. The van der Waals surface area contributed by atoms with Crippen molar-refractivity contribution < 1.29 is 4.79 Å². The summed E-state index contributed by atoms with van der Waals surface area (Å²) in [5, 5.41) is 3.27. The summed E-state index contributed by atoms with van der Waals surface area (Å²) in [5.74, 6) is -0.443. The number of nitrogens with one attached hydrogen (secondary N) is 1. The van der Waals surface area contributed by atoms with E-state index in [2.05, 4.69) is 10.3 Å². The number of amides is 1. The number of para-hydroxylation sites is 1. The molecule has 0 unspecified atom stereocenters. The van der Waals surface area contributed by atoms with Crippen molar-refractivity contribution in [3.63, 3.8) is 0 Å². The van der Waals surface area contributed by atoms with Gasteiger partial charge in [-0.25, -0.2) is 0 Å². The lowest BCUT2D eigenvalue weighted by Gasteiger charge is -2.09. The van der Waals surface area contributed by atoms with Gasteiger partial charge in [0.1, 0.15) is 0 Å². The number of benzene rings is 2. The van der Waals surface area contributed by atoms with Crippen molar-refractivity contribution in [3.8, 4) is 0 Å². The Morgan fingerprint density at radius 3 is 2.78 bits per heavy atom. The lowest BCUT2D eigenvalue weighted by atomic mass is 10.1. The van der Waals surface area contributed by atoms with Crippen LogP contribution in [0.25, 0.3) is 0 Å². The largest absolute Gasteiger partial charge is 0.366 e. The van der Waals surface area contributed by atoms with E-state index < -0.39 is 5.91 Å². The summed E-state index contributed by atoms with van der Waals surface area (Å²) in [6.45, 7) is 0. The molecule has 0 aliphatic carbocycles. The number of aliphatic imine (C=N–C) groups is 1. The number of nitrogens with two attached hydrogens (primary N) is 1. The van der Waals surface area contributed by atoms with E-state index >= 15 is 0 Å². The van der Waals surface area contributed by atoms with Gasteiger partial charge in [-0.3, -0.25) is 9.79 Å². The van der Waals surface area contributed by atoms with Crippen LogP contribution in [0.2, 0.25) is 0 Å². The lowest BCUT2D eigenvalue weighted by molar-refractivity contribution is 0.100. The van der Waals surface area contributed by atoms with Crippen molar-refractivity contribution >= 4 is 29.2 Å². The number of anilines is 2. The third-order valence-electron chi connectivity index (χ3n) is 2.85. The maximum absolute atomic E-state index is 11.2. The first-order valence-corrected chi connectivity index (χ1v) is 5.58. The summed E-state index contributed by atoms with van der Waals surface area (Å²) >= 11 is 0. The molecule has 0 saturated heterocycles. The van der Waals surface area contributed by atoms with Crippen LogP contribution in [-0.2, 0) is 0 Å². The van der Waals surface area contributed by atoms with Gasteiger partial charge in [-0.1, -0.05) is 18.2 Å². The standard InChI is InChI=1S/C14H11N3O/c15-14(18)9-5-6-12-13(7-9)17-11-4-2-1-3-10(11)8-16-12/h1-8,17H,(H2,15,18). The fraction of sp³-hybridized carbons (Fsp3) is 0. The van der Waals surface area contributed by atoms with Crippen LogP contribution in [0.1, 0.15) is 15.9 Å². The van der Waals surface area contributed by atoms with E-state index in [1.165, 1.54) is 0 Å². The molecule has 3 rings (SSSR count). The van der Waals surface area contributed by atoms with E-state index in [1.54, 1.807) is 24.4 Å². The van der Waals surface area contributed by atoms with Crippen LogP contribution in [0.3, 0.4) is 0 Å². The van der Waals surface area contributed by atoms with Crippen LogP contribution >= 0.6 is 0 Å². The summed E-state index contributed by atoms with van der Waals surface area (Å²) in [6, 6.07) is 13.0. The monoisotopic (exact) mass is 237 g/mol. The highest BCUT2D eigenvalue weighted by Crippen LogP contribution is 2.32. The summed E-state index contributed by atoms with van der Waals surface area (Å²) < 4.78 is 0. The molecule has 2 aromatic rings. The van der Waals surface area contributed by atoms with E-state index in [1.807, 2.05) is 24.3 Å². The number of hydrogen-bond donors (Lipinski definition) is 2. The average Bonchev–Trinajstić information content (AvgIpc) is 2.56. The molecule has 0 fully saturated rings. The topological polar surface area (TPSA) is 67.5 Å². The quantitative estimate of drug-likeness (QED) is 0.683. The molecule has 0 aromatic heterocycles. The van der Waals surface area contributed by atoms with E-state index in [-0.39, 0.29) is 0 Å². The summed E-state index contributed by atoms with van der Waals surface area (Å²) in [6.07, 6.45) is 1.80. The summed E-state index contributed by atoms with van der Waals surface area (Å²) in [4.78, 5) is 15.6. The molecule has 0 radical (unpaired) electrons. The zero-order valence-corrected chi connectivity index (χ0v) is 9.55. The first-order chi connectivity index (χ1) is 8.74. The van der Waals surface area contributed by atoms with Crippen LogP contribution in [0.15, 0.2) is 47.5 Å². The average molecular weight is 237 g/mol. The fourth-order valence-electron chi connectivity index (χ4n) is 1.91. The number of fused-ring (bicyclic) bond motifs is 2. The predicted molar refractivity (Wildman–Crippen MR) is 71.9 cm³/mol. The van der Waals surface area contributed by atoms with Gasteiger partial charge in [-0.05, 0) is 24.3 Å². The first kappa shape index (κ1) is 10.5. The van der Waals surface area contributed by atoms with Crippen molar-refractivity contribution in [1.82, 2.24) is 0 Å². The van der Waals surface area contributed by atoms with Gasteiger partial charge in [-0.2, -0.15) is 0 Å². The highest BCUT2D eigenvalue weighted by molar-refractivity contribution is 5.98. The minimum Gasteiger partial charge on any atom is -0.366 e. The molecular formula is C14H11N3O. The molecule has 0 atom stereocenters. The van der Waals surface area contributed by atoms with Crippen LogP contribution in [0.4, 0.5) is 17.1 Å². The molecule has 1 heterocycles. The van der Waals surface area contributed by atoms with Gasteiger partial charge in [0, 0.05) is 23.0 Å². The Bertz CT molecular complexity index is 662. The predicted octanol–water partition coefficient (Wildman–Crippen LogP) is 2.59. The third-order valence-corrected chi connectivity index (χ3v) is 2.85. The van der Waals surface area contributed by atoms with Crippen molar-refractivity contribution in [2.45, 2.75) is 0 Å². The molecule has 18 heavy (non-hydrogen) atoms. The Morgan fingerprint density at radius 2 is 1.94 bits per heavy atom. The number of carbonyl (C=O) groups is 1. The molecule has 2 aromatic carbocycles. The molecule has 1 aliphatic heterocycles. The SMILES string of the molecule is NC(=O)c1ccc2c(c1)Nc1ccccc1C=N2. The number of nitrogens with zero attached hydrogens (tertiary/aromatic N) is 1. The minimum atomic E-state index is -0.443. The van der Waals surface area contributed by atoms with Gasteiger partial charge in [0.25, 0.3) is 0 Å². The molecule has 0 saturated carbocycles. The molecular weight excluding hydrogens is 226 g/mol. The zero-order valence-electron chi connectivity index (χ0n) is 9.55. The molecule has 0 bridgehead atoms. The number of hydrogen-bond acceptors (Lipinski definition) is 3. The van der Waals surface area contributed by atoms with Crippen molar-refractivity contribution in [2.75, 3.05) is 5.32 Å². The van der Waals surface area contributed by atoms with E-state index in [0.29, 0.717) is 5.56 Å². The Morgan fingerprint density at radius 1 is 1.11 bits per heavy atom. The Labute approximate surface area is 104 Å². The Kier molecular flexibility index (Phi) is 2.34. The van der Waals surface area contributed by atoms with E-state index in [9.17, 15) is 4.79 Å². The maximum atomic E-state index is 11.2. The summed E-state index contributed by atoms with van der Waals surface area (Å²) in [7, 11) is 0. The number of primary amides is 1. The Hall–Kier alpha value is -2.62. The third kappa shape index (κ3) is 1.73. The van der Waals surface area contributed by atoms with Crippen LogP contribution in [-0.4, -0.2) is 12.1 Å². The van der Waals surface area contributed by atoms with Crippen molar-refractivity contribution in [1.29, 1.82) is 0 Å². The Balaban J connectivity index is 2.13. The van der Waals surface area contributed by atoms with Gasteiger partial charge in [0.15, 0.2) is 0 Å². The smallest absolute Gasteiger partial charge is 0.248 e. The van der Waals surface area contributed by atoms with Gasteiger partial charge >= 0.3 is 0 Å². The van der Waals surface area contributed by atoms with Gasteiger partial charge < -0.3 is 11.1 Å². The van der Waals surface area contributed by atoms with Gasteiger partial charge in [0.05, 0.1) is 11.4 Å². The molecule has 3 N–H and O–H groups in total. The highest BCUT2D eigenvalue weighted by Gasteiger charge is 2.11.